The fraction of sp³-hybridized carbons (Fsp3) is 0.238. The molecule has 1 heterocycles. The lowest BCUT2D eigenvalue weighted by Gasteiger charge is -2.22. The Kier molecular flexibility index (Phi) is 5.33. The van der Waals surface area contributed by atoms with E-state index < -0.39 is 5.97 Å². The van der Waals surface area contributed by atoms with Gasteiger partial charge in [0, 0.05) is 18.2 Å². The molecule has 0 saturated heterocycles. The van der Waals surface area contributed by atoms with Crippen molar-refractivity contribution in [3.8, 4) is 5.69 Å². The number of nitrogens with zero attached hydrogens (tertiary/aromatic N) is 4. The first kappa shape index (κ1) is 18.8. The second-order valence-corrected chi connectivity index (χ2v) is 6.81. The zero-order chi connectivity index (χ0) is 20.2. The normalized spacial score (nSPS) is 13.1. The molecule has 148 valence electrons. The number of esters is 1. The van der Waals surface area contributed by atoms with Gasteiger partial charge in [0.1, 0.15) is 18.5 Å². The molecule has 29 heavy (non-hydrogen) atoms. The molecule has 8 heteroatoms. The highest BCUT2D eigenvalue weighted by Gasteiger charge is 2.33. The van der Waals surface area contributed by atoms with E-state index in [0.717, 1.165) is 18.5 Å². The summed E-state index contributed by atoms with van der Waals surface area (Å²) in [6.45, 7) is -0.213. The lowest BCUT2D eigenvalue weighted by atomic mass is 10.2. The number of amides is 1. The molecule has 0 atom stereocenters. The molecule has 2 aromatic carbocycles. The molecule has 3 aromatic rings. The molecule has 0 unspecified atom stereocenters. The quantitative estimate of drug-likeness (QED) is 0.576. The van der Waals surface area contributed by atoms with Crippen LogP contribution in [0.3, 0.4) is 0 Å². The fourth-order valence-corrected chi connectivity index (χ4v) is 3.00. The molecule has 0 radical (unpaired) electrons. The van der Waals surface area contributed by atoms with Gasteiger partial charge in [-0.05, 0) is 43.2 Å². The SMILES string of the molecule is O=C(OCC(=O)N(Cc1ccccc1F)C1CC1)c1ccc(-n2cncn2)cc1. The van der Waals surface area contributed by atoms with Gasteiger partial charge >= 0.3 is 5.97 Å². The van der Waals surface area contributed by atoms with Crippen molar-refractivity contribution in [3.05, 3.63) is 78.1 Å². The summed E-state index contributed by atoms with van der Waals surface area (Å²) >= 11 is 0. The number of halogens is 1. The number of ether oxygens (including phenoxy) is 1. The Labute approximate surface area is 166 Å². The third kappa shape index (κ3) is 4.48. The first-order valence-corrected chi connectivity index (χ1v) is 9.27. The summed E-state index contributed by atoms with van der Waals surface area (Å²) in [5, 5.41) is 4.02. The molecule has 1 aliphatic rings. The van der Waals surface area contributed by atoms with Crippen LogP contribution in [0.2, 0.25) is 0 Å². The van der Waals surface area contributed by atoms with E-state index in [1.807, 2.05) is 0 Å². The number of carbonyl (C=O) groups is 2. The van der Waals surface area contributed by atoms with E-state index >= 15 is 0 Å². The van der Waals surface area contributed by atoms with Crippen LogP contribution in [0.4, 0.5) is 4.39 Å². The van der Waals surface area contributed by atoms with E-state index in [4.69, 9.17) is 4.74 Å². The maximum Gasteiger partial charge on any atom is 0.338 e. The molecule has 0 bridgehead atoms. The second-order valence-electron chi connectivity index (χ2n) is 6.81. The van der Waals surface area contributed by atoms with Crippen LogP contribution in [0, 0.1) is 5.82 Å². The van der Waals surface area contributed by atoms with Gasteiger partial charge in [0.15, 0.2) is 6.61 Å². The molecule has 1 fully saturated rings. The first-order valence-electron chi connectivity index (χ1n) is 9.27. The van der Waals surface area contributed by atoms with Crippen LogP contribution in [0.5, 0.6) is 0 Å². The van der Waals surface area contributed by atoms with Crippen LogP contribution in [0.25, 0.3) is 5.69 Å². The standard InChI is InChI=1S/C21H19FN4O3/c22-19-4-2-1-3-16(19)11-25(17-9-10-17)20(27)12-29-21(28)15-5-7-18(8-6-15)26-14-23-13-24-26/h1-8,13-14,17H,9-12H2. The van der Waals surface area contributed by atoms with E-state index in [2.05, 4.69) is 10.1 Å². The van der Waals surface area contributed by atoms with Gasteiger partial charge in [0.2, 0.25) is 0 Å². The zero-order valence-corrected chi connectivity index (χ0v) is 15.6. The van der Waals surface area contributed by atoms with Gasteiger partial charge in [-0.3, -0.25) is 4.79 Å². The number of hydrogen-bond donors (Lipinski definition) is 0. The highest BCUT2D eigenvalue weighted by Crippen LogP contribution is 2.29. The Bertz CT molecular complexity index is 1000. The van der Waals surface area contributed by atoms with E-state index in [-0.39, 0.29) is 30.9 Å². The molecular weight excluding hydrogens is 375 g/mol. The van der Waals surface area contributed by atoms with Crippen LogP contribution in [0.1, 0.15) is 28.8 Å². The maximum absolute atomic E-state index is 13.9. The van der Waals surface area contributed by atoms with Gasteiger partial charge in [0.05, 0.1) is 11.3 Å². The van der Waals surface area contributed by atoms with Gasteiger partial charge in [-0.1, -0.05) is 18.2 Å². The molecule has 1 aliphatic carbocycles. The Morgan fingerprint density at radius 2 is 1.90 bits per heavy atom. The fourth-order valence-electron chi connectivity index (χ4n) is 3.00. The third-order valence-electron chi connectivity index (χ3n) is 4.72. The Morgan fingerprint density at radius 1 is 1.14 bits per heavy atom. The monoisotopic (exact) mass is 394 g/mol. The molecule has 1 aromatic heterocycles. The zero-order valence-electron chi connectivity index (χ0n) is 15.6. The third-order valence-corrected chi connectivity index (χ3v) is 4.72. The average molecular weight is 394 g/mol. The topological polar surface area (TPSA) is 77.3 Å². The molecule has 7 nitrogen and oxygen atoms in total. The molecular formula is C21H19FN4O3. The van der Waals surface area contributed by atoms with Crippen molar-refractivity contribution in [1.82, 2.24) is 19.7 Å². The average Bonchev–Trinajstić information content (AvgIpc) is 3.43. The summed E-state index contributed by atoms with van der Waals surface area (Å²) in [6.07, 6.45) is 4.71. The lowest BCUT2D eigenvalue weighted by Crippen LogP contribution is -2.36. The molecule has 0 N–H and O–H groups in total. The smallest absolute Gasteiger partial charge is 0.338 e. The molecule has 1 saturated carbocycles. The van der Waals surface area contributed by atoms with Crippen molar-refractivity contribution in [2.75, 3.05) is 6.61 Å². The number of benzene rings is 2. The Hall–Kier alpha value is -3.55. The summed E-state index contributed by atoms with van der Waals surface area (Å²) in [5.41, 5.74) is 1.52. The minimum atomic E-state index is -0.592. The lowest BCUT2D eigenvalue weighted by molar-refractivity contribution is -0.135. The second kappa shape index (κ2) is 8.22. The van der Waals surface area contributed by atoms with Crippen molar-refractivity contribution < 1.29 is 18.7 Å². The predicted molar refractivity (Wildman–Crippen MR) is 102 cm³/mol. The van der Waals surface area contributed by atoms with Crippen molar-refractivity contribution in [2.24, 2.45) is 0 Å². The van der Waals surface area contributed by atoms with Crippen molar-refractivity contribution in [1.29, 1.82) is 0 Å². The molecule has 1 amide bonds. The summed E-state index contributed by atoms with van der Waals surface area (Å²) in [4.78, 5) is 30.3. The van der Waals surface area contributed by atoms with E-state index in [0.29, 0.717) is 11.1 Å². The van der Waals surface area contributed by atoms with Crippen LogP contribution in [-0.4, -0.2) is 44.2 Å². The van der Waals surface area contributed by atoms with Crippen molar-refractivity contribution in [2.45, 2.75) is 25.4 Å². The van der Waals surface area contributed by atoms with E-state index in [1.54, 1.807) is 58.4 Å². The number of aromatic nitrogens is 3. The number of hydrogen-bond acceptors (Lipinski definition) is 5. The van der Waals surface area contributed by atoms with Gasteiger partial charge in [0.25, 0.3) is 5.91 Å². The largest absolute Gasteiger partial charge is 0.452 e. The van der Waals surface area contributed by atoms with Crippen LogP contribution < -0.4 is 0 Å². The predicted octanol–water partition coefficient (Wildman–Crippen LogP) is 2.75. The summed E-state index contributed by atoms with van der Waals surface area (Å²) in [6, 6.07) is 13.1. The minimum absolute atomic E-state index is 0.0720. The maximum atomic E-state index is 13.9. The highest BCUT2D eigenvalue weighted by atomic mass is 19.1. The first-order chi connectivity index (χ1) is 14.1. The highest BCUT2D eigenvalue weighted by molar-refractivity contribution is 5.91. The molecule has 0 spiro atoms. The van der Waals surface area contributed by atoms with Gasteiger partial charge < -0.3 is 9.64 Å². The van der Waals surface area contributed by atoms with Crippen LogP contribution >= 0.6 is 0 Å². The summed E-state index contributed by atoms with van der Waals surface area (Å²) in [7, 11) is 0. The summed E-state index contributed by atoms with van der Waals surface area (Å²) < 4.78 is 20.7. The minimum Gasteiger partial charge on any atom is -0.452 e. The van der Waals surface area contributed by atoms with Gasteiger partial charge in [-0.15, -0.1) is 0 Å². The van der Waals surface area contributed by atoms with E-state index in [9.17, 15) is 14.0 Å². The molecule has 0 aliphatic heterocycles. The Balaban J connectivity index is 1.36. The van der Waals surface area contributed by atoms with Crippen LogP contribution in [-0.2, 0) is 16.1 Å². The van der Waals surface area contributed by atoms with Gasteiger partial charge in [-0.2, -0.15) is 5.10 Å². The van der Waals surface area contributed by atoms with E-state index in [1.165, 1.54) is 12.4 Å². The van der Waals surface area contributed by atoms with Gasteiger partial charge in [-0.25, -0.2) is 18.9 Å². The summed E-state index contributed by atoms with van der Waals surface area (Å²) in [5.74, 6) is -1.27. The van der Waals surface area contributed by atoms with Crippen LogP contribution in [0.15, 0.2) is 61.2 Å². The molecule has 4 rings (SSSR count). The number of carbonyl (C=O) groups excluding carboxylic acids is 2. The Morgan fingerprint density at radius 3 is 2.55 bits per heavy atom. The van der Waals surface area contributed by atoms with Crippen molar-refractivity contribution >= 4 is 11.9 Å². The van der Waals surface area contributed by atoms with Crippen molar-refractivity contribution in [3.63, 3.8) is 0 Å². The number of rotatable bonds is 7.